The molecule has 84 valence electrons. The summed E-state index contributed by atoms with van der Waals surface area (Å²) in [4.78, 5) is 0. The Bertz CT molecular complexity index is 305. The standard InChI is InChI=1S/C12H17ClFN/c1-4-15-12(8(2)3)11-9(13)6-5-7-10(11)14/h5-8,12,15H,4H2,1-3H3. The Morgan fingerprint density at radius 2 is 2.07 bits per heavy atom. The van der Waals surface area contributed by atoms with E-state index in [1.807, 2.05) is 6.92 Å². The summed E-state index contributed by atoms with van der Waals surface area (Å²) in [6.07, 6.45) is 0. The summed E-state index contributed by atoms with van der Waals surface area (Å²) in [6.45, 7) is 6.91. The zero-order valence-electron chi connectivity index (χ0n) is 9.35. The molecule has 1 atom stereocenters. The molecule has 15 heavy (non-hydrogen) atoms. The fraction of sp³-hybridized carbons (Fsp3) is 0.500. The highest BCUT2D eigenvalue weighted by atomic mass is 35.5. The molecule has 0 heterocycles. The van der Waals surface area contributed by atoms with E-state index in [2.05, 4.69) is 19.2 Å². The van der Waals surface area contributed by atoms with Crippen LogP contribution in [-0.4, -0.2) is 6.54 Å². The molecule has 0 bridgehead atoms. The van der Waals surface area contributed by atoms with E-state index in [4.69, 9.17) is 11.6 Å². The molecule has 0 saturated carbocycles. The van der Waals surface area contributed by atoms with Gasteiger partial charge in [-0.15, -0.1) is 0 Å². The van der Waals surface area contributed by atoms with Crippen molar-refractivity contribution >= 4 is 11.6 Å². The molecule has 0 aliphatic carbocycles. The van der Waals surface area contributed by atoms with Crippen LogP contribution in [0.4, 0.5) is 4.39 Å². The van der Waals surface area contributed by atoms with Gasteiger partial charge in [-0.2, -0.15) is 0 Å². The molecule has 0 saturated heterocycles. The van der Waals surface area contributed by atoms with Gasteiger partial charge in [0.25, 0.3) is 0 Å². The number of halogens is 2. The van der Waals surface area contributed by atoms with Crippen LogP contribution in [-0.2, 0) is 0 Å². The molecule has 0 aromatic heterocycles. The third kappa shape index (κ3) is 2.93. The molecule has 1 unspecified atom stereocenters. The Balaban J connectivity index is 3.10. The lowest BCUT2D eigenvalue weighted by Crippen LogP contribution is -2.26. The first-order valence-corrected chi connectivity index (χ1v) is 5.63. The minimum Gasteiger partial charge on any atom is -0.310 e. The molecule has 1 nitrogen and oxygen atoms in total. The first-order valence-electron chi connectivity index (χ1n) is 5.25. The van der Waals surface area contributed by atoms with Crippen LogP contribution >= 0.6 is 11.6 Å². The topological polar surface area (TPSA) is 12.0 Å². The molecular formula is C12H17ClFN. The van der Waals surface area contributed by atoms with Gasteiger partial charge in [0.2, 0.25) is 0 Å². The van der Waals surface area contributed by atoms with Gasteiger partial charge in [0.05, 0.1) is 0 Å². The lowest BCUT2D eigenvalue weighted by molar-refractivity contribution is 0.406. The number of hydrogen-bond donors (Lipinski definition) is 1. The van der Waals surface area contributed by atoms with Crippen molar-refractivity contribution in [2.75, 3.05) is 6.54 Å². The van der Waals surface area contributed by atoms with Gasteiger partial charge in [0.1, 0.15) is 5.82 Å². The average molecular weight is 230 g/mol. The summed E-state index contributed by atoms with van der Waals surface area (Å²) in [7, 11) is 0. The van der Waals surface area contributed by atoms with E-state index in [9.17, 15) is 4.39 Å². The zero-order chi connectivity index (χ0) is 11.4. The van der Waals surface area contributed by atoms with E-state index in [1.54, 1.807) is 12.1 Å². The molecule has 0 aliphatic heterocycles. The summed E-state index contributed by atoms with van der Waals surface area (Å²) in [5.74, 6) is 0.0708. The Morgan fingerprint density at radius 1 is 1.40 bits per heavy atom. The van der Waals surface area contributed by atoms with E-state index >= 15 is 0 Å². The molecule has 1 rings (SSSR count). The molecule has 1 N–H and O–H groups in total. The smallest absolute Gasteiger partial charge is 0.129 e. The van der Waals surface area contributed by atoms with Crippen LogP contribution < -0.4 is 5.32 Å². The summed E-state index contributed by atoms with van der Waals surface area (Å²) in [6, 6.07) is 4.79. The van der Waals surface area contributed by atoms with Crippen molar-refractivity contribution in [2.24, 2.45) is 5.92 Å². The monoisotopic (exact) mass is 229 g/mol. The second-order valence-corrected chi connectivity index (χ2v) is 4.32. The summed E-state index contributed by atoms with van der Waals surface area (Å²) >= 11 is 6.02. The van der Waals surface area contributed by atoms with Crippen molar-refractivity contribution < 1.29 is 4.39 Å². The van der Waals surface area contributed by atoms with Crippen LogP contribution in [0.5, 0.6) is 0 Å². The largest absolute Gasteiger partial charge is 0.310 e. The van der Waals surface area contributed by atoms with Gasteiger partial charge in [-0.25, -0.2) is 4.39 Å². The van der Waals surface area contributed by atoms with Crippen molar-refractivity contribution in [1.82, 2.24) is 5.32 Å². The molecule has 1 aromatic carbocycles. The van der Waals surface area contributed by atoms with Crippen molar-refractivity contribution in [2.45, 2.75) is 26.8 Å². The summed E-state index contributed by atoms with van der Waals surface area (Å²) in [5.41, 5.74) is 0.580. The number of benzene rings is 1. The summed E-state index contributed by atoms with van der Waals surface area (Å²) in [5, 5.41) is 3.75. The molecule has 0 amide bonds. The van der Waals surface area contributed by atoms with Crippen LogP contribution in [0.15, 0.2) is 18.2 Å². The predicted octanol–water partition coefficient (Wildman–Crippen LogP) is 3.79. The van der Waals surface area contributed by atoms with Gasteiger partial charge in [-0.3, -0.25) is 0 Å². The van der Waals surface area contributed by atoms with Gasteiger partial charge in [0.15, 0.2) is 0 Å². The Labute approximate surface area is 95.6 Å². The fourth-order valence-electron chi connectivity index (χ4n) is 1.70. The average Bonchev–Trinajstić information content (AvgIpc) is 2.15. The van der Waals surface area contributed by atoms with Crippen LogP contribution in [0.2, 0.25) is 5.02 Å². The van der Waals surface area contributed by atoms with Crippen LogP contribution in [0.3, 0.4) is 0 Å². The minimum atomic E-state index is -0.234. The maximum absolute atomic E-state index is 13.7. The second-order valence-electron chi connectivity index (χ2n) is 3.91. The van der Waals surface area contributed by atoms with E-state index < -0.39 is 0 Å². The van der Waals surface area contributed by atoms with Gasteiger partial charge in [0, 0.05) is 16.6 Å². The van der Waals surface area contributed by atoms with Gasteiger partial charge >= 0.3 is 0 Å². The van der Waals surface area contributed by atoms with E-state index in [0.29, 0.717) is 16.5 Å². The molecule has 0 aliphatic rings. The SMILES string of the molecule is CCNC(c1c(F)cccc1Cl)C(C)C. The highest BCUT2D eigenvalue weighted by molar-refractivity contribution is 6.31. The number of rotatable bonds is 4. The number of hydrogen-bond acceptors (Lipinski definition) is 1. The van der Waals surface area contributed by atoms with Gasteiger partial charge in [-0.1, -0.05) is 38.4 Å². The van der Waals surface area contributed by atoms with Crippen molar-refractivity contribution in [3.05, 3.63) is 34.6 Å². The van der Waals surface area contributed by atoms with Gasteiger partial charge in [-0.05, 0) is 24.6 Å². The zero-order valence-corrected chi connectivity index (χ0v) is 10.1. The Morgan fingerprint density at radius 3 is 2.53 bits per heavy atom. The maximum Gasteiger partial charge on any atom is 0.129 e. The van der Waals surface area contributed by atoms with Crippen LogP contribution in [0, 0.1) is 11.7 Å². The van der Waals surface area contributed by atoms with E-state index in [-0.39, 0.29) is 11.9 Å². The molecular weight excluding hydrogens is 213 g/mol. The first kappa shape index (κ1) is 12.5. The third-order valence-corrected chi connectivity index (χ3v) is 2.73. The lowest BCUT2D eigenvalue weighted by atomic mass is 9.95. The quantitative estimate of drug-likeness (QED) is 0.829. The maximum atomic E-state index is 13.7. The lowest BCUT2D eigenvalue weighted by Gasteiger charge is -2.23. The normalized spacial score (nSPS) is 13.2. The van der Waals surface area contributed by atoms with Crippen molar-refractivity contribution in [1.29, 1.82) is 0 Å². The van der Waals surface area contributed by atoms with E-state index in [1.165, 1.54) is 6.07 Å². The highest BCUT2D eigenvalue weighted by Gasteiger charge is 2.20. The number of nitrogens with one attached hydrogen (secondary N) is 1. The van der Waals surface area contributed by atoms with Crippen LogP contribution in [0.25, 0.3) is 0 Å². The summed E-state index contributed by atoms with van der Waals surface area (Å²) < 4.78 is 13.7. The van der Waals surface area contributed by atoms with Crippen molar-refractivity contribution in [3.8, 4) is 0 Å². The molecule has 0 radical (unpaired) electrons. The second kappa shape index (κ2) is 5.47. The van der Waals surface area contributed by atoms with E-state index in [0.717, 1.165) is 6.54 Å². The molecule has 0 fully saturated rings. The Kier molecular flexibility index (Phi) is 4.55. The van der Waals surface area contributed by atoms with Crippen molar-refractivity contribution in [3.63, 3.8) is 0 Å². The molecule has 3 heteroatoms. The Hall–Kier alpha value is -0.600. The van der Waals surface area contributed by atoms with Gasteiger partial charge < -0.3 is 5.32 Å². The van der Waals surface area contributed by atoms with Crippen LogP contribution in [0.1, 0.15) is 32.4 Å². The minimum absolute atomic E-state index is 0.0244. The fourth-order valence-corrected chi connectivity index (χ4v) is 1.98. The predicted molar refractivity (Wildman–Crippen MR) is 62.7 cm³/mol. The molecule has 0 spiro atoms. The third-order valence-electron chi connectivity index (χ3n) is 2.40. The molecule has 1 aromatic rings. The first-order chi connectivity index (χ1) is 7.07. The highest BCUT2D eigenvalue weighted by Crippen LogP contribution is 2.30.